The fourth-order valence-electron chi connectivity index (χ4n) is 1.13. The lowest BCUT2D eigenvalue weighted by Gasteiger charge is -2.03. The van der Waals surface area contributed by atoms with Gasteiger partial charge in [-0.2, -0.15) is 0 Å². The van der Waals surface area contributed by atoms with Crippen molar-refractivity contribution in [2.45, 2.75) is 25.7 Å². The summed E-state index contributed by atoms with van der Waals surface area (Å²) in [6.45, 7) is 1.83. The van der Waals surface area contributed by atoms with Gasteiger partial charge in [-0.15, -0.1) is 0 Å². The molecule has 0 aromatic heterocycles. The number of amidine groups is 1. The second-order valence-electron chi connectivity index (χ2n) is 3.43. The van der Waals surface area contributed by atoms with Crippen LogP contribution in [0.1, 0.15) is 25.7 Å². The molecule has 0 saturated heterocycles. The Bertz CT molecular complexity index is 210. The van der Waals surface area contributed by atoms with Gasteiger partial charge in [-0.1, -0.05) is 5.16 Å². The number of unbranched alkanes of at least 4 members (excludes halogenated alkanes) is 1. The Labute approximate surface area is 93.6 Å². The highest BCUT2D eigenvalue weighted by molar-refractivity contribution is 7.84. The molecule has 0 saturated carbocycles. The summed E-state index contributed by atoms with van der Waals surface area (Å²) < 4.78 is 10.7. The molecule has 0 aromatic carbocycles. The molecule has 1 unspecified atom stereocenters. The summed E-state index contributed by atoms with van der Waals surface area (Å²) in [6, 6.07) is 0. The average molecular weight is 235 g/mol. The van der Waals surface area contributed by atoms with Gasteiger partial charge in [0.2, 0.25) is 0 Å². The maximum Gasteiger partial charge on any atom is 0.139 e. The minimum Gasteiger partial charge on any atom is -0.409 e. The Morgan fingerprint density at radius 2 is 2.07 bits per heavy atom. The first-order valence-electron chi connectivity index (χ1n) is 5.14. The number of hydrogen-bond acceptors (Lipinski definition) is 4. The average Bonchev–Trinajstić information content (AvgIpc) is 2.21. The van der Waals surface area contributed by atoms with Crippen molar-refractivity contribution in [3.05, 3.63) is 0 Å². The summed E-state index contributed by atoms with van der Waals surface area (Å²) in [4.78, 5) is 0. The van der Waals surface area contributed by atoms with Gasteiger partial charge in [0.1, 0.15) is 5.84 Å². The van der Waals surface area contributed by atoms with E-state index in [9.17, 15) is 4.21 Å². The maximum atomic E-state index is 10.7. The normalized spacial score (nSPS) is 14.1. The van der Waals surface area contributed by atoms with Crippen molar-refractivity contribution in [3.8, 4) is 0 Å². The third-order valence-corrected chi connectivity index (χ3v) is 2.81. The van der Waals surface area contributed by atoms with Crippen LogP contribution in [0, 0.1) is 0 Å². The molecule has 90 valence electrons. The van der Waals surface area contributed by atoms with Crippen LogP contribution in [0.15, 0.2) is 5.16 Å². The quantitative estimate of drug-likeness (QED) is 0.176. The third-order valence-electron chi connectivity index (χ3n) is 1.95. The third kappa shape index (κ3) is 11.3. The first-order chi connectivity index (χ1) is 7.16. The van der Waals surface area contributed by atoms with Crippen molar-refractivity contribution < 1.29 is 9.42 Å². The fourth-order valence-corrected chi connectivity index (χ4v) is 1.68. The first kappa shape index (κ1) is 14.4. The highest BCUT2D eigenvalue weighted by Gasteiger charge is 1.94. The molecular formula is C9H21N3O2S. The number of nitrogens with one attached hydrogen (secondary N) is 1. The monoisotopic (exact) mass is 235 g/mol. The number of nitrogens with two attached hydrogens (primary N) is 1. The van der Waals surface area contributed by atoms with Crippen molar-refractivity contribution in [3.63, 3.8) is 0 Å². The highest BCUT2D eigenvalue weighted by atomic mass is 32.2. The molecule has 0 aliphatic rings. The van der Waals surface area contributed by atoms with Crippen LogP contribution in [0.25, 0.3) is 0 Å². The molecule has 0 aromatic rings. The molecular weight excluding hydrogens is 214 g/mol. The van der Waals surface area contributed by atoms with Crippen LogP contribution in [0.3, 0.4) is 0 Å². The van der Waals surface area contributed by atoms with E-state index in [1.165, 1.54) is 0 Å². The van der Waals surface area contributed by atoms with Crippen molar-refractivity contribution in [2.24, 2.45) is 10.9 Å². The van der Waals surface area contributed by atoms with Gasteiger partial charge >= 0.3 is 0 Å². The van der Waals surface area contributed by atoms with Crippen molar-refractivity contribution in [1.29, 1.82) is 0 Å². The summed E-state index contributed by atoms with van der Waals surface area (Å²) in [5, 5.41) is 14.4. The van der Waals surface area contributed by atoms with E-state index in [-0.39, 0.29) is 5.84 Å². The molecule has 15 heavy (non-hydrogen) atoms. The van der Waals surface area contributed by atoms with Gasteiger partial charge in [0.05, 0.1) is 0 Å². The van der Waals surface area contributed by atoms with E-state index in [2.05, 4.69) is 10.5 Å². The van der Waals surface area contributed by atoms with Crippen molar-refractivity contribution in [2.75, 3.05) is 25.1 Å². The lowest BCUT2D eigenvalue weighted by molar-refractivity contribution is 0.316. The largest absolute Gasteiger partial charge is 0.409 e. The second-order valence-corrected chi connectivity index (χ2v) is 4.98. The number of oxime groups is 1. The van der Waals surface area contributed by atoms with E-state index in [0.717, 1.165) is 38.1 Å². The van der Waals surface area contributed by atoms with Crippen LogP contribution >= 0.6 is 0 Å². The lowest BCUT2D eigenvalue weighted by atomic mass is 10.2. The maximum absolute atomic E-state index is 10.7. The summed E-state index contributed by atoms with van der Waals surface area (Å²) in [5.74, 6) is 1.05. The van der Waals surface area contributed by atoms with Gasteiger partial charge in [-0.05, 0) is 32.4 Å². The van der Waals surface area contributed by atoms with E-state index >= 15 is 0 Å². The topological polar surface area (TPSA) is 87.7 Å². The Kier molecular flexibility index (Phi) is 9.51. The standard InChI is InChI=1S/C9H21N3O2S/c1-15(14)8-4-7-11-6-3-2-5-9(10)12-13/h11,13H,2-8H2,1H3,(H2,10,12). The van der Waals surface area contributed by atoms with Crippen LogP contribution in [0.2, 0.25) is 0 Å². The van der Waals surface area contributed by atoms with Crippen molar-refractivity contribution in [1.82, 2.24) is 5.32 Å². The molecule has 4 N–H and O–H groups in total. The van der Waals surface area contributed by atoms with Crippen LogP contribution in [-0.4, -0.2) is 40.3 Å². The minimum absolute atomic E-state index is 0.288. The zero-order valence-electron chi connectivity index (χ0n) is 9.24. The Morgan fingerprint density at radius 1 is 1.40 bits per heavy atom. The molecule has 0 aliphatic carbocycles. The van der Waals surface area contributed by atoms with Gasteiger partial charge in [-0.3, -0.25) is 4.21 Å². The molecule has 0 rings (SSSR count). The summed E-state index contributed by atoms with van der Waals surface area (Å²) in [7, 11) is -0.682. The van der Waals surface area contributed by atoms with Gasteiger partial charge in [-0.25, -0.2) is 0 Å². The molecule has 0 aliphatic heterocycles. The molecule has 0 heterocycles. The van der Waals surface area contributed by atoms with E-state index in [0.29, 0.717) is 6.42 Å². The van der Waals surface area contributed by atoms with Crippen LogP contribution in [0.4, 0.5) is 0 Å². The smallest absolute Gasteiger partial charge is 0.139 e. The number of rotatable bonds is 9. The first-order valence-corrected chi connectivity index (χ1v) is 6.86. The highest BCUT2D eigenvalue weighted by Crippen LogP contribution is 1.93. The van der Waals surface area contributed by atoms with Crippen LogP contribution < -0.4 is 11.1 Å². The summed E-state index contributed by atoms with van der Waals surface area (Å²) in [6.07, 6.45) is 5.23. The molecule has 6 heteroatoms. The SMILES string of the molecule is CS(=O)CCCNCCCCC(N)=NO. The fraction of sp³-hybridized carbons (Fsp3) is 0.889. The number of nitrogens with zero attached hydrogens (tertiary/aromatic N) is 1. The second kappa shape index (κ2) is 9.92. The molecule has 0 spiro atoms. The van der Waals surface area contributed by atoms with Crippen LogP contribution in [-0.2, 0) is 10.8 Å². The molecule has 0 bridgehead atoms. The Hall–Kier alpha value is -0.620. The zero-order valence-corrected chi connectivity index (χ0v) is 10.1. The molecule has 5 nitrogen and oxygen atoms in total. The Morgan fingerprint density at radius 3 is 2.67 bits per heavy atom. The van der Waals surface area contributed by atoms with Crippen molar-refractivity contribution >= 4 is 16.6 Å². The van der Waals surface area contributed by atoms with Crippen LogP contribution in [0.5, 0.6) is 0 Å². The van der Waals surface area contributed by atoms with Gasteiger partial charge in [0, 0.05) is 29.2 Å². The Balaban J connectivity index is 3.08. The minimum atomic E-state index is -0.682. The predicted octanol–water partition coefficient (Wildman–Crippen LogP) is 0.261. The molecule has 0 radical (unpaired) electrons. The molecule has 1 atom stereocenters. The van der Waals surface area contributed by atoms with E-state index in [4.69, 9.17) is 10.9 Å². The van der Waals surface area contributed by atoms with E-state index < -0.39 is 10.8 Å². The lowest BCUT2D eigenvalue weighted by Crippen LogP contribution is -2.19. The van der Waals surface area contributed by atoms with E-state index in [1.54, 1.807) is 6.26 Å². The number of hydrogen-bond donors (Lipinski definition) is 3. The van der Waals surface area contributed by atoms with Gasteiger partial charge in [0.15, 0.2) is 0 Å². The molecule has 0 amide bonds. The zero-order chi connectivity index (χ0) is 11.5. The van der Waals surface area contributed by atoms with Gasteiger partial charge < -0.3 is 16.3 Å². The predicted molar refractivity (Wildman–Crippen MR) is 63.7 cm³/mol. The van der Waals surface area contributed by atoms with E-state index in [1.807, 2.05) is 0 Å². The molecule has 0 fully saturated rings. The summed E-state index contributed by atoms with van der Waals surface area (Å²) in [5.41, 5.74) is 5.31. The van der Waals surface area contributed by atoms with Gasteiger partial charge in [0.25, 0.3) is 0 Å². The summed E-state index contributed by atoms with van der Waals surface area (Å²) >= 11 is 0.